The summed E-state index contributed by atoms with van der Waals surface area (Å²) in [7, 11) is 1.70. The maximum absolute atomic E-state index is 6.51. The molecule has 2 aliphatic carbocycles. The zero-order chi connectivity index (χ0) is 18.5. The van der Waals surface area contributed by atoms with Gasteiger partial charge >= 0.3 is 0 Å². The minimum absolute atomic E-state index is 0.197. The van der Waals surface area contributed by atoms with Crippen LogP contribution < -0.4 is 9.47 Å². The second kappa shape index (κ2) is 9.12. The highest BCUT2D eigenvalue weighted by Gasteiger charge is 2.34. The van der Waals surface area contributed by atoms with Crippen LogP contribution in [0.4, 0.5) is 0 Å². The third-order valence-corrected chi connectivity index (χ3v) is 6.08. The van der Waals surface area contributed by atoms with Gasteiger partial charge in [0, 0.05) is 6.42 Å². The van der Waals surface area contributed by atoms with Crippen molar-refractivity contribution in [3.63, 3.8) is 0 Å². The first kappa shape index (κ1) is 19.5. The molecule has 0 aromatic heterocycles. The molecular weight excluding hydrogens is 324 g/mol. The summed E-state index contributed by atoms with van der Waals surface area (Å²) in [6.07, 6.45) is 10.4. The molecule has 4 atom stereocenters. The summed E-state index contributed by atoms with van der Waals surface area (Å²) in [6, 6.07) is 6.09. The van der Waals surface area contributed by atoms with Crippen LogP contribution in [0.1, 0.15) is 70.8 Å². The minimum Gasteiger partial charge on any atom is -0.493 e. The number of rotatable bonds is 7. The van der Waals surface area contributed by atoms with Gasteiger partial charge in [0.25, 0.3) is 0 Å². The van der Waals surface area contributed by atoms with E-state index in [9.17, 15) is 0 Å². The average Bonchev–Trinajstić information content (AvgIpc) is 2.62. The van der Waals surface area contributed by atoms with E-state index in [4.69, 9.17) is 14.2 Å². The summed E-state index contributed by atoms with van der Waals surface area (Å²) in [6.45, 7) is 6.52. The van der Waals surface area contributed by atoms with Crippen LogP contribution >= 0.6 is 0 Å². The van der Waals surface area contributed by atoms with Crippen LogP contribution in [-0.2, 0) is 4.74 Å². The van der Waals surface area contributed by atoms with E-state index in [1.54, 1.807) is 7.11 Å². The van der Waals surface area contributed by atoms with Gasteiger partial charge in [0.15, 0.2) is 11.5 Å². The van der Waals surface area contributed by atoms with Crippen LogP contribution in [0.25, 0.3) is 0 Å². The molecule has 3 nitrogen and oxygen atoms in total. The van der Waals surface area contributed by atoms with Gasteiger partial charge in [-0.1, -0.05) is 45.6 Å². The lowest BCUT2D eigenvalue weighted by atomic mass is 9.70. The van der Waals surface area contributed by atoms with Crippen molar-refractivity contribution >= 4 is 0 Å². The van der Waals surface area contributed by atoms with Gasteiger partial charge in [-0.25, -0.2) is 0 Å². The number of hydrogen-bond acceptors (Lipinski definition) is 3. The number of fused-ring (bicyclic) bond motifs is 1. The van der Waals surface area contributed by atoms with Crippen molar-refractivity contribution < 1.29 is 14.2 Å². The quantitative estimate of drug-likeness (QED) is 0.547. The van der Waals surface area contributed by atoms with Crippen molar-refractivity contribution in [2.75, 3.05) is 7.11 Å². The Hall–Kier alpha value is -1.22. The fourth-order valence-electron chi connectivity index (χ4n) is 4.70. The Labute approximate surface area is 159 Å². The molecule has 0 amide bonds. The van der Waals surface area contributed by atoms with E-state index in [2.05, 4.69) is 26.8 Å². The van der Waals surface area contributed by atoms with Crippen LogP contribution in [0.5, 0.6) is 11.5 Å². The van der Waals surface area contributed by atoms with Gasteiger partial charge in [0.05, 0.1) is 13.2 Å². The topological polar surface area (TPSA) is 27.7 Å². The van der Waals surface area contributed by atoms with Crippen molar-refractivity contribution in [2.45, 2.75) is 84.5 Å². The van der Waals surface area contributed by atoms with Crippen LogP contribution in [0.2, 0.25) is 0 Å². The van der Waals surface area contributed by atoms with Crippen molar-refractivity contribution in [1.29, 1.82) is 0 Å². The maximum Gasteiger partial charge on any atom is 0.200 e. The van der Waals surface area contributed by atoms with E-state index in [-0.39, 0.29) is 6.29 Å². The van der Waals surface area contributed by atoms with Gasteiger partial charge in [-0.2, -0.15) is 0 Å². The third-order valence-electron chi connectivity index (χ3n) is 6.08. The van der Waals surface area contributed by atoms with Gasteiger partial charge in [-0.15, -0.1) is 0 Å². The number of aryl methyl sites for hydroxylation is 1. The van der Waals surface area contributed by atoms with Gasteiger partial charge in [0.1, 0.15) is 0 Å². The number of benzene rings is 1. The van der Waals surface area contributed by atoms with Gasteiger partial charge in [0.2, 0.25) is 6.29 Å². The Kier molecular flexibility index (Phi) is 6.86. The second-order valence-electron chi connectivity index (χ2n) is 8.71. The predicted molar refractivity (Wildman–Crippen MR) is 106 cm³/mol. The van der Waals surface area contributed by atoms with E-state index in [1.807, 2.05) is 12.1 Å². The van der Waals surface area contributed by atoms with Crippen LogP contribution in [0.15, 0.2) is 18.2 Å². The lowest BCUT2D eigenvalue weighted by Gasteiger charge is -2.40. The monoisotopic (exact) mass is 360 g/mol. The molecule has 2 aliphatic rings. The molecule has 2 saturated carbocycles. The highest BCUT2D eigenvalue weighted by molar-refractivity contribution is 5.42. The molecule has 0 spiro atoms. The Morgan fingerprint density at radius 3 is 2.50 bits per heavy atom. The molecule has 2 fully saturated rings. The normalized spacial score (nSPS) is 27.0. The van der Waals surface area contributed by atoms with Crippen molar-refractivity contribution in [1.82, 2.24) is 0 Å². The minimum atomic E-state index is -0.197. The standard InChI is InChI=1S/C23H36O3/c1-16(2)13-23(26-21-12-9-17(3)14-22(21)24-4)25-20-11-10-18-7-5-6-8-19(18)15-20/h9,12,14,16,18-20,23H,5-8,10-11,13,15H2,1-4H3. The van der Waals surface area contributed by atoms with E-state index >= 15 is 0 Å². The fraction of sp³-hybridized carbons (Fsp3) is 0.739. The van der Waals surface area contributed by atoms with Crippen molar-refractivity contribution in [2.24, 2.45) is 17.8 Å². The van der Waals surface area contributed by atoms with Crippen LogP contribution in [0, 0.1) is 24.7 Å². The molecule has 3 heteroatoms. The molecule has 0 saturated heterocycles. The molecule has 146 valence electrons. The molecule has 0 aliphatic heterocycles. The zero-order valence-corrected chi connectivity index (χ0v) is 17.0. The number of methoxy groups -OCH3 is 1. The van der Waals surface area contributed by atoms with Crippen LogP contribution in [0.3, 0.4) is 0 Å². The lowest BCUT2D eigenvalue weighted by Crippen LogP contribution is -2.36. The molecule has 4 unspecified atom stereocenters. The van der Waals surface area contributed by atoms with E-state index < -0.39 is 0 Å². The Balaban J connectivity index is 1.64. The molecule has 0 N–H and O–H groups in total. The molecular formula is C23H36O3. The Bertz CT molecular complexity index is 569. The van der Waals surface area contributed by atoms with Crippen molar-refractivity contribution in [3.05, 3.63) is 23.8 Å². The smallest absolute Gasteiger partial charge is 0.200 e. The predicted octanol–water partition coefficient (Wildman–Crippen LogP) is 6.13. The molecule has 1 aromatic carbocycles. The van der Waals surface area contributed by atoms with Crippen molar-refractivity contribution in [3.8, 4) is 11.5 Å². The SMILES string of the molecule is COc1cc(C)ccc1OC(CC(C)C)OC1CCC2CCCCC2C1. The van der Waals surface area contributed by atoms with E-state index in [0.29, 0.717) is 12.0 Å². The Morgan fingerprint density at radius 1 is 1.00 bits per heavy atom. The first-order valence-corrected chi connectivity index (χ1v) is 10.5. The molecule has 0 heterocycles. The molecule has 26 heavy (non-hydrogen) atoms. The second-order valence-corrected chi connectivity index (χ2v) is 8.71. The van der Waals surface area contributed by atoms with Gasteiger partial charge in [-0.3, -0.25) is 0 Å². The number of ether oxygens (including phenoxy) is 3. The summed E-state index contributed by atoms with van der Waals surface area (Å²) in [5.41, 5.74) is 1.17. The third kappa shape index (κ3) is 5.16. The van der Waals surface area contributed by atoms with Crippen LogP contribution in [-0.4, -0.2) is 19.5 Å². The van der Waals surface area contributed by atoms with Gasteiger partial charge < -0.3 is 14.2 Å². The summed E-state index contributed by atoms with van der Waals surface area (Å²) < 4.78 is 18.3. The lowest BCUT2D eigenvalue weighted by molar-refractivity contribution is -0.147. The number of hydrogen-bond donors (Lipinski definition) is 0. The first-order chi connectivity index (χ1) is 12.5. The highest BCUT2D eigenvalue weighted by atomic mass is 16.7. The zero-order valence-electron chi connectivity index (χ0n) is 17.0. The van der Waals surface area contributed by atoms with E-state index in [1.165, 1.54) is 50.5 Å². The summed E-state index contributed by atoms with van der Waals surface area (Å²) in [4.78, 5) is 0. The molecule has 0 bridgehead atoms. The Morgan fingerprint density at radius 2 is 1.77 bits per heavy atom. The highest BCUT2D eigenvalue weighted by Crippen LogP contribution is 2.42. The summed E-state index contributed by atoms with van der Waals surface area (Å²) in [5.74, 6) is 3.93. The average molecular weight is 361 g/mol. The molecule has 1 aromatic rings. The largest absolute Gasteiger partial charge is 0.493 e. The summed E-state index contributed by atoms with van der Waals surface area (Å²) >= 11 is 0. The molecule has 3 rings (SSSR count). The molecule has 0 radical (unpaired) electrons. The first-order valence-electron chi connectivity index (χ1n) is 10.5. The summed E-state index contributed by atoms with van der Waals surface area (Å²) in [5, 5.41) is 0. The maximum atomic E-state index is 6.51. The van der Waals surface area contributed by atoms with E-state index in [0.717, 1.165) is 29.8 Å². The fourth-order valence-corrected chi connectivity index (χ4v) is 4.70. The van der Waals surface area contributed by atoms with Gasteiger partial charge in [-0.05, 0) is 61.6 Å².